The van der Waals surface area contributed by atoms with Gasteiger partial charge in [-0.1, -0.05) is 19.1 Å². The summed E-state index contributed by atoms with van der Waals surface area (Å²) in [4.78, 5) is 13.8. The average molecular weight is 314 g/mol. The summed E-state index contributed by atoms with van der Waals surface area (Å²) in [7, 11) is 0. The van der Waals surface area contributed by atoms with E-state index in [1.165, 1.54) is 0 Å². The van der Waals surface area contributed by atoms with Crippen molar-refractivity contribution in [1.82, 2.24) is 4.90 Å². The summed E-state index contributed by atoms with van der Waals surface area (Å²) < 4.78 is 37.7. The van der Waals surface area contributed by atoms with Gasteiger partial charge >= 0.3 is 6.18 Å². The molecule has 0 spiro atoms. The van der Waals surface area contributed by atoms with Gasteiger partial charge in [-0.15, -0.1) is 0 Å². The lowest BCUT2D eigenvalue weighted by atomic mass is 9.88. The molecular formula is C16H21F3N2O. The topological polar surface area (TPSA) is 46.3 Å². The van der Waals surface area contributed by atoms with Gasteiger partial charge in [-0.05, 0) is 42.9 Å². The zero-order chi connectivity index (χ0) is 16.3. The molecule has 1 aliphatic rings. The molecule has 22 heavy (non-hydrogen) atoms. The van der Waals surface area contributed by atoms with E-state index >= 15 is 0 Å². The van der Waals surface area contributed by atoms with Crippen molar-refractivity contribution in [3.63, 3.8) is 0 Å². The first-order valence-electron chi connectivity index (χ1n) is 7.54. The van der Waals surface area contributed by atoms with Gasteiger partial charge in [0.25, 0.3) is 0 Å². The van der Waals surface area contributed by atoms with Crippen molar-refractivity contribution in [2.45, 2.75) is 44.3 Å². The summed E-state index contributed by atoms with van der Waals surface area (Å²) in [6.07, 6.45) is -2.18. The number of nitrogens with zero attached hydrogens (tertiary/aromatic N) is 1. The van der Waals surface area contributed by atoms with Crippen molar-refractivity contribution in [2.24, 2.45) is 5.73 Å². The summed E-state index contributed by atoms with van der Waals surface area (Å²) in [5, 5.41) is 0. The Labute approximate surface area is 128 Å². The van der Waals surface area contributed by atoms with Crippen LogP contribution in [0, 0.1) is 0 Å². The molecule has 1 aromatic carbocycles. The minimum absolute atomic E-state index is 0.0339. The van der Waals surface area contributed by atoms with Crippen LogP contribution in [0.4, 0.5) is 13.2 Å². The second kappa shape index (κ2) is 6.69. The maximum atomic E-state index is 12.6. The number of piperidine rings is 1. The zero-order valence-electron chi connectivity index (χ0n) is 12.6. The molecule has 122 valence electrons. The number of rotatable bonds is 3. The highest BCUT2D eigenvalue weighted by atomic mass is 19.4. The van der Waals surface area contributed by atoms with Crippen LogP contribution in [0.25, 0.3) is 0 Å². The van der Waals surface area contributed by atoms with E-state index < -0.39 is 17.8 Å². The van der Waals surface area contributed by atoms with Crippen molar-refractivity contribution in [2.75, 3.05) is 13.1 Å². The van der Waals surface area contributed by atoms with Gasteiger partial charge in [0.15, 0.2) is 0 Å². The highest BCUT2D eigenvalue weighted by Gasteiger charge is 2.31. The van der Waals surface area contributed by atoms with Crippen LogP contribution in [-0.4, -0.2) is 29.9 Å². The van der Waals surface area contributed by atoms with Crippen molar-refractivity contribution < 1.29 is 18.0 Å². The molecule has 1 aromatic rings. The molecule has 1 fully saturated rings. The Morgan fingerprint density at radius 1 is 1.27 bits per heavy atom. The SMILES string of the molecule is CC[C@H](N)C(=O)N1CCC(c2ccc(C(F)(F)F)cc2)CC1. The fourth-order valence-electron chi connectivity index (χ4n) is 2.79. The van der Waals surface area contributed by atoms with Crippen LogP contribution < -0.4 is 5.73 Å². The average Bonchev–Trinajstić information content (AvgIpc) is 2.53. The number of nitrogens with two attached hydrogens (primary N) is 1. The van der Waals surface area contributed by atoms with Gasteiger partial charge in [0.2, 0.25) is 5.91 Å². The van der Waals surface area contributed by atoms with Gasteiger partial charge in [0, 0.05) is 13.1 Å². The predicted molar refractivity (Wildman–Crippen MR) is 78.3 cm³/mol. The van der Waals surface area contributed by atoms with Crippen LogP contribution >= 0.6 is 0 Å². The fraction of sp³-hybridized carbons (Fsp3) is 0.562. The number of alkyl halides is 3. The maximum Gasteiger partial charge on any atom is 0.416 e. The minimum atomic E-state index is -4.30. The smallest absolute Gasteiger partial charge is 0.341 e. The van der Waals surface area contributed by atoms with Crippen molar-refractivity contribution >= 4 is 5.91 Å². The zero-order valence-corrected chi connectivity index (χ0v) is 12.6. The molecular weight excluding hydrogens is 293 g/mol. The molecule has 6 heteroatoms. The standard InChI is InChI=1S/C16H21F3N2O/c1-2-14(20)15(22)21-9-7-12(8-10-21)11-3-5-13(6-4-11)16(17,18)19/h3-6,12,14H,2,7-10,20H2,1H3/t14-/m0/s1. The van der Waals surface area contributed by atoms with Gasteiger partial charge in [-0.25, -0.2) is 0 Å². The molecule has 2 N–H and O–H groups in total. The lowest BCUT2D eigenvalue weighted by Crippen LogP contribution is -2.46. The number of halogens is 3. The van der Waals surface area contributed by atoms with Crippen LogP contribution in [0.15, 0.2) is 24.3 Å². The second-order valence-electron chi connectivity index (χ2n) is 5.73. The van der Waals surface area contributed by atoms with Crippen LogP contribution in [0.3, 0.4) is 0 Å². The Balaban J connectivity index is 1.96. The number of hydrogen-bond donors (Lipinski definition) is 1. The molecule has 0 bridgehead atoms. The fourth-order valence-corrected chi connectivity index (χ4v) is 2.79. The quantitative estimate of drug-likeness (QED) is 0.931. The molecule has 0 radical (unpaired) electrons. The molecule has 1 amide bonds. The first-order valence-corrected chi connectivity index (χ1v) is 7.54. The molecule has 1 aliphatic heterocycles. The first-order chi connectivity index (χ1) is 10.3. The molecule has 1 saturated heterocycles. The molecule has 0 aliphatic carbocycles. The lowest BCUT2D eigenvalue weighted by Gasteiger charge is -2.33. The number of carbonyl (C=O) groups is 1. The summed E-state index contributed by atoms with van der Waals surface area (Å²) in [6.45, 7) is 3.09. The minimum Gasteiger partial charge on any atom is -0.341 e. The van der Waals surface area contributed by atoms with E-state index in [4.69, 9.17) is 5.73 Å². The predicted octanol–water partition coefficient (Wildman–Crippen LogP) is 3.15. The maximum absolute atomic E-state index is 12.6. The molecule has 0 aromatic heterocycles. The van der Waals surface area contributed by atoms with Gasteiger partial charge in [-0.2, -0.15) is 13.2 Å². The van der Waals surface area contributed by atoms with Gasteiger partial charge in [0.1, 0.15) is 0 Å². The van der Waals surface area contributed by atoms with E-state index in [0.29, 0.717) is 19.5 Å². The normalized spacial score (nSPS) is 18.3. The number of likely N-dealkylation sites (tertiary alicyclic amines) is 1. The van der Waals surface area contributed by atoms with Crippen molar-refractivity contribution in [3.8, 4) is 0 Å². The second-order valence-corrected chi connectivity index (χ2v) is 5.73. The molecule has 1 atom stereocenters. The third kappa shape index (κ3) is 3.80. The molecule has 0 unspecified atom stereocenters. The summed E-state index contributed by atoms with van der Waals surface area (Å²) >= 11 is 0. The Morgan fingerprint density at radius 3 is 2.27 bits per heavy atom. The van der Waals surface area contributed by atoms with Gasteiger partial charge < -0.3 is 10.6 Å². The van der Waals surface area contributed by atoms with Crippen LogP contribution in [0.2, 0.25) is 0 Å². The van der Waals surface area contributed by atoms with Crippen molar-refractivity contribution in [1.29, 1.82) is 0 Å². The molecule has 2 rings (SSSR count). The number of amides is 1. The lowest BCUT2D eigenvalue weighted by molar-refractivity contribution is -0.137. The van der Waals surface area contributed by atoms with E-state index in [2.05, 4.69) is 0 Å². The third-order valence-corrected chi connectivity index (χ3v) is 4.27. The highest BCUT2D eigenvalue weighted by molar-refractivity contribution is 5.81. The molecule has 1 heterocycles. The number of benzene rings is 1. The molecule has 0 saturated carbocycles. The third-order valence-electron chi connectivity index (χ3n) is 4.27. The van der Waals surface area contributed by atoms with Crippen LogP contribution in [0.1, 0.15) is 43.2 Å². The van der Waals surface area contributed by atoms with Gasteiger partial charge in [0.05, 0.1) is 11.6 Å². The Kier molecular flexibility index (Phi) is 5.11. The molecule has 3 nitrogen and oxygen atoms in total. The van der Waals surface area contributed by atoms with E-state index in [9.17, 15) is 18.0 Å². The van der Waals surface area contributed by atoms with Crippen molar-refractivity contribution in [3.05, 3.63) is 35.4 Å². The summed E-state index contributed by atoms with van der Waals surface area (Å²) in [5.41, 5.74) is 6.03. The van der Waals surface area contributed by atoms with E-state index in [0.717, 1.165) is 30.5 Å². The summed E-state index contributed by atoms with van der Waals surface area (Å²) in [6, 6.07) is 4.88. The van der Waals surface area contributed by atoms with E-state index in [-0.39, 0.29) is 11.8 Å². The first kappa shape index (κ1) is 16.8. The van der Waals surface area contributed by atoms with E-state index in [1.54, 1.807) is 17.0 Å². The highest BCUT2D eigenvalue weighted by Crippen LogP contribution is 2.32. The van der Waals surface area contributed by atoms with Crippen LogP contribution in [0.5, 0.6) is 0 Å². The Bertz CT molecular complexity index is 505. The largest absolute Gasteiger partial charge is 0.416 e. The Morgan fingerprint density at radius 2 is 1.82 bits per heavy atom. The van der Waals surface area contributed by atoms with Gasteiger partial charge in [-0.3, -0.25) is 4.79 Å². The Hall–Kier alpha value is -1.56. The number of hydrogen-bond acceptors (Lipinski definition) is 2. The summed E-state index contributed by atoms with van der Waals surface area (Å²) in [5.74, 6) is 0.164. The van der Waals surface area contributed by atoms with E-state index in [1.807, 2.05) is 6.92 Å². The monoisotopic (exact) mass is 314 g/mol. The van der Waals surface area contributed by atoms with Crippen LogP contribution in [-0.2, 0) is 11.0 Å². The number of carbonyl (C=O) groups excluding carboxylic acids is 1.